The third-order valence-corrected chi connectivity index (χ3v) is 3.41. The number of ether oxygens (including phenoxy) is 5. The summed E-state index contributed by atoms with van der Waals surface area (Å²) in [7, 11) is 0. The third-order valence-electron chi connectivity index (χ3n) is 3.41. The molecule has 0 radical (unpaired) electrons. The summed E-state index contributed by atoms with van der Waals surface area (Å²) in [5.41, 5.74) is -1.01. The fourth-order valence-electron chi connectivity index (χ4n) is 1.81. The van der Waals surface area contributed by atoms with Gasteiger partial charge in [-0.25, -0.2) is 4.39 Å². The zero-order valence-corrected chi connectivity index (χ0v) is 20.9. The summed E-state index contributed by atoms with van der Waals surface area (Å²) in [6.45, 7) is 17.2. The van der Waals surface area contributed by atoms with Crippen LogP contribution in [0.3, 0.4) is 0 Å². The lowest BCUT2D eigenvalue weighted by molar-refractivity contribution is -0.122. The van der Waals surface area contributed by atoms with Gasteiger partial charge in [-0.1, -0.05) is 27.7 Å². The molecule has 0 fully saturated rings. The number of Topliss-reactive ketones (excluding diaryl/α,β-unsaturated/α-hetero) is 1. The molecule has 9 heteroatoms. The molecule has 1 atom stereocenters. The first kappa shape index (κ1) is 34.5. The lowest BCUT2D eigenvalue weighted by Gasteiger charge is -2.29. The van der Waals surface area contributed by atoms with Gasteiger partial charge in [0, 0.05) is 6.92 Å². The summed E-state index contributed by atoms with van der Waals surface area (Å²) in [5.74, 6) is -0.287. The fourth-order valence-corrected chi connectivity index (χ4v) is 1.81. The van der Waals surface area contributed by atoms with E-state index in [9.17, 15) is 14.0 Å². The second-order valence-electron chi connectivity index (χ2n) is 6.45. The molecule has 0 aliphatic rings. The van der Waals surface area contributed by atoms with Gasteiger partial charge in [0.05, 0.1) is 65.0 Å². The summed E-state index contributed by atoms with van der Waals surface area (Å²) in [5, 5.41) is 2.43. The first-order valence-corrected chi connectivity index (χ1v) is 11.1. The summed E-state index contributed by atoms with van der Waals surface area (Å²) >= 11 is 0. The Balaban J connectivity index is -0.00000184. The van der Waals surface area contributed by atoms with E-state index in [2.05, 4.69) is 5.32 Å². The van der Waals surface area contributed by atoms with Gasteiger partial charge in [0.25, 0.3) is 0 Å². The fraction of sp³-hybridized carbons (Fsp3) is 0.909. The summed E-state index contributed by atoms with van der Waals surface area (Å²) in [6, 6.07) is 0. The van der Waals surface area contributed by atoms with Crippen LogP contribution in [0.25, 0.3) is 0 Å². The topological polar surface area (TPSA) is 92.3 Å². The molecule has 1 amide bonds. The molecule has 0 rings (SSSR count). The number of halogens is 1. The monoisotopic (exact) mass is 455 g/mol. The van der Waals surface area contributed by atoms with Gasteiger partial charge in [-0.2, -0.15) is 0 Å². The highest BCUT2D eigenvalue weighted by atomic mass is 19.1. The predicted molar refractivity (Wildman–Crippen MR) is 120 cm³/mol. The van der Waals surface area contributed by atoms with Crippen LogP contribution in [0.5, 0.6) is 0 Å². The van der Waals surface area contributed by atoms with Crippen molar-refractivity contribution >= 4 is 11.7 Å². The van der Waals surface area contributed by atoms with E-state index in [0.29, 0.717) is 46.2 Å². The zero-order chi connectivity index (χ0) is 24.5. The molecule has 0 spiro atoms. The van der Waals surface area contributed by atoms with Crippen LogP contribution >= 0.6 is 0 Å². The Morgan fingerprint density at radius 3 is 1.55 bits per heavy atom. The van der Waals surface area contributed by atoms with Crippen molar-refractivity contribution in [3.63, 3.8) is 0 Å². The molecule has 0 aromatic rings. The van der Waals surface area contributed by atoms with Crippen molar-refractivity contribution in [2.45, 2.75) is 67.2 Å². The molecule has 0 bridgehead atoms. The summed E-state index contributed by atoms with van der Waals surface area (Å²) < 4.78 is 40.5. The minimum Gasteiger partial charge on any atom is -0.377 e. The van der Waals surface area contributed by atoms with E-state index in [1.807, 2.05) is 27.7 Å². The van der Waals surface area contributed by atoms with Crippen LogP contribution in [0, 0.1) is 0 Å². The van der Waals surface area contributed by atoms with Crippen molar-refractivity contribution < 1.29 is 37.7 Å². The number of hydrogen-bond donors (Lipinski definition) is 1. The lowest BCUT2D eigenvalue weighted by atomic mass is 10.0. The number of ketones is 1. The molecule has 188 valence electrons. The van der Waals surface area contributed by atoms with Crippen LogP contribution < -0.4 is 5.32 Å². The maximum atomic E-state index is 14.0. The standard InChI is InChI=1S/C18H34FNO7.2C2H6/c1-15(21)14-26-10-9-24-6-5-23-7-8-25-11-12-27-18(3,4)17(19)13-20-16(2)22;2*1-2/h17H,5-14H2,1-4H3,(H,20,22);2*1-2H3. The van der Waals surface area contributed by atoms with Gasteiger partial charge in [-0.3, -0.25) is 9.59 Å². The number of hydrogen-bond acceptors (Lipinski definition) is 7. The van der Waals surface area contributed by atoms with Gasteiger partial charge in [0.2, 0.25) is 5.91 Å². The van der Waals surface area contributed by atoms with Gasteiger partial charge in [0.15, 0.2) is 5.78 Å². The van der Waals surface area contributed by atoms with Crippen LogP contribution in [-0.2, 0) is 33.3 Å². The number of carbonyl (C=O) groups excluding carboxylic acids is 2. The molecular formula is C22H46FNO7. The molecule has 8 nitrogen and oxygen atoms in total. The van der Waals surface area contributed by atoms with E-state index in [-0.39, 0.29) is 31.4 Å². The quantitative estimate of drug-likeness (QED) is 0.318. The zero-order valence-electron chi connectivity index (χ0n) is 20.9. The second kappa shape index (κ2) is 25.1. The van der Waals surface area contributed by atoms with Crippen molar-refractivity contribution in [2.75, 3.05) is 66.0 Å². The van der Waals surface area contributed by atoms with Gasteiger partial charge in [0.1, 0.15) is 12.8 Å². The third kappa shape index (κ3) is 26.8. The Morgan fingerprint density at radius 2 is 1.16 bits per heavy atom. The molecule has 1 N–H and O–H groups in total. The Bertz CT molecular complexity index is 409. The molecule has 0 aliphatic carbocycles. The van der Waals surface area contributed by atoms with Gasteiger partial charge < -0.3 is 29.0 Å². The SMILES string of the molecule is CC.CC.CC(=O)COCCOCCOCCOCCOC(C)(C)C(F)CNC(C)=O. The molecule has 0 aromatic heterocycles. The average molecular weight is 456 g/mol. The molecule has 0 aliphatic heterocycles. The van der Waals surface area contributed by atoms with Crippen LogP contribution in [0.15, 0.2) is 0 Å². The van der Waals surface area contributed by atoms with Gasteiger partial charge >= 0.3 is 0 Å². The van der Waals surface area contributed by atoms with Crippen LogP contribution in [0.1, 0.15) is 55.4 Å². The van der Waals surface area contributed by atoms with Crippen molar-refractivity contribution in [1.29, 1.82) is 0 Å². The largest absolute Gasteiger partial charge is 0.377 e. The maximum absolute atomic E-state index is 14.0. The first-order chi connectivity index (χ1) is 14.8. The normalized spacial score (nSPS) is 11.5. The van der Waals surface area contributed by atoms with E-state index in [0.717, 1.165) is 0 Å². The Labute approximate surface area is 188 Å². The number of carbonyl (C=O) groups is 2. The average Bonchev–Trinajstić information content (AvgIpc) is 2.74. The smallest absolute Gasteiger partial charge is 0.216 e. The highest BCUT2D eigenvalue weighted by Gasteiger charge is 2.30. The van der Waals surface area contributed by atoms with E-state index in [4.69, 9.17) is 23.7 Å². The number of rotatable bonds is 18. The minimum absolute atomic E-state index is 0.0122. The molecule has 0 saturated heterocycles. The Kier molecular flexibility index (Phi) is 28.0. The molecule has 0 heterocycles. The Morgan fingerprint density at radius 1 is 0.774 bits per heavy atom. The minimum atomic E-state index is -1.31. The summed E-state index contributed by atoms with van der Waals surface area (Å²) in [6.07, 6.45) is -1.31. The molecule has 31 heavy (non-hydrogen) atoms. The first-order valence-electron chi connectivity index (χ1n) is 11.1. The highest BCUT2D eigenvalue weighted by molar-refractivity contribution is 5.76. The van der Waals surface area contributed by atoms with Gasteiger partial charge in [-0.05, 0) is 20.8 Å². The molecular weight excluding hydrogens is 409 g/mol. The number of alkyl halides is 1. The Hall–Kier alpha value is -1.13. The van der Waals surface area contributed by atoms with Gasteiger partial charge in [-0.15, -0.1) is 0 Å². The van der Waals surface area contributed by atoms with Crippen molar-refractivity contribution in [1.82, 2.24) is 5.32 Å². The second-order valence-corrected chi connectivity index (χ2v) is 6.45. The van der Waals surface area contributed by atoms with E-state index >= 15 is 0 Å². The van der Waals surface area contributed by atoms with Crippen molar-refractivity contribution in [2.24, 2.45) is 0 Å². The highest BCUT2D eigenvalue weighted by Crippen LogP contribution is 2.17. The molecule has 1 unspecified atom stereocenters. The predicted octanol–water partition coefficient (Wildman–Crippen LogP) is 2.96. The summed E-state index contributed by atoms with van der Waals surface area (Å²) in [4.78, 5) is 21.4. The van der Waals surface area contributed by atoms with E-state index < -0.39 is 11.8 Å². The van der Waals surface area contributed by atoms with Crippen LogP contribution in [0.4, 0.5) is 4.39 Å². The van der Waals surface area contributed by atoms with Crippen LogP contribution in [-0.4, -0.2) is 89.5 Å². The molecule has 0 aromatic carbocycles. The number of amides is 1. The van der Waals surface area contributed by atoms with Crippen LogP contribution in [0.2, 0.25) is 0 Å². The van der Waals surface area contributed by atoms with Crippen molar-refractivity contribution in [3.8, 4) is 0 Å². The van der Waals surface area contributed by atoms with Crippen molar-refractivity contribution in [3.05, 3.63) is 0 Å². The molecule has 0 saturated carbocycles. The number of nitrogens with one attached hydrogen (secondary N) is 1. The van der Waals surface area contributed by atoms with E-state index in [1.54, 1.807) is 13.8 Å². The van der Waals surface area contributed by atoms with E-state index in [1.165, 1.54) is 13.8 Å². The maximum Gasteiger partial charge on any atom is 0.216 e. The lowest BCUT2D eigenvalue weighted by Crippen LogP contribution is -2.44.